The molecule has 5 heteroatoms. The fourth-order valence-electron chi connectivity index (χ4n) is 2.14. The molecule has 0 aliphatic heterocycles. The van der Waals surface area contributed by atoms with Gasteiger partial charge in [0.15, 0.2) is 0 Å². The Morgan fingerprint density at radius 1 is 1.17 bits per heavy atom. The zero-order valence-corrected chi connectivity index (χ0v) is 10.3. The Bertz CT molecular complexity index is 411. The van der Waals surface area contributed by atoms with Crippen LogP contribution in [0.25, 0.3) is 0 Å². The fraction of sp³-hybridized carbons (Fsp3) is 0.538. The van der Waals surface area contributed by atoms with E-state index < -0.39 is 11.7 Å². The first-order chi connectivity index (χ1) is 8.47. The standard InChI is InChI=1S/C13H17F3N2/c1-17-8-12(6-7-12)9-18-11-5-3-2-4-10(11)13(14,15)16/h2-5,17-18H,6-9H2,1H3. The molecule has 1 aromatic carbocycles. The lowest BCUT2D eigenvalue weighted by Gasteiger charge is -2.19. The first kappa shape index (κ1) is 13.2. The number of hydrogen-bond donors (Lipinski definition) is 2. The number of anilines is 1. The van der Waals surface area contributed by atoms with Gasteiger partial charge in [0, 0.05) is 24.2 Å². The van der Waals surface area contributed by atoms with Crippen LogP contribution in [0, 0.1) is 5.41 Å². The Kier molecular flexibility index (Phi) is 3.52. The number of halogens is 3. The molecule has 2 N–H and O–H groups in total. The SMILES string of the molecule is CNCC1(CNc2ccccc2C(F)(F)F)CC1. The quantitative estimate of drug-likeness (QED) is 0.848. The van der Waals surface area contributed by atoms with Gasteiger partial charge in [-0.05, 0) is 32.0 Å². The van der Waals surface area contributed by atoms with Gasteiger partial charge < -0.3 is 10.6 Å². The van der Waals surface area contributed by atoms with Gasteiger partial charge in [-0.25, -0.2) is 0 Å². The highest BCUT2D eigenvalue weighted by Gasteiger charge is 2.42. The third-order valence-corrected chi connectivity index (χ3v) is 3.40. The van der Waals surface area contributed by atoms with Crippen molar-refractivity contribution in [3.05, 3.63) is 29.8 Å². The summed E-state index contributed by atoms with van der Waals surface area (Å²) in [7, 11) is 1.86. The highest BCUT2D eigenvalue weighted by molar-refractivity contribution is 5.52. The minimum absolute atomic E-state index is 0.132. The van der Waals surface area contributed by atoms with Crippen LogP contribution in [0.15, 0.2) is 24.3 Å². The topological polar surface area (TPSA) is 24.1 Å². The molecular formula is C13H17F3N2. The van der Waals surface area contributed by atoms with Crippen LogP contribution in [0.4, 0.5) is 18.9 Å². The van der Waals surface area contributed by atoms with Crippen LogP contribution in [0.1, 0.15) is 18.4 Å². The summed E-state index contributed by atoms with van der Waals surface area (Å²) in [6.07, 6.45) is -2.17. The number of nitrogens with one attached hydrogen (secondary N) is 2. The normalized spacial score (nSPS) is 17.6. The number of alkyl halides is 3. The van der Waals surface area contributed by atoms with Crippen molar-refractivity contribution in [2.24, 2.45) is 5.41 Å². The smallest absolute Gasteiger partial charge is 0.384 e. The second kappa shape index (κ2) is 4.80. The molecule has 0 radical (unpaired) electrons. The molecule has 1 aromatic rings. The van der Waals surface area contributed by atoms with E-state index >= 15 is 0 Å². The summed E-state index contributed by atoms with van der Waals surface area (Å²) < 4.78 is 38.3. The molecule has 0 unspecified atom stereocenters. The summed E-state index contributed by atoms with van der Waals surface area (Å²) in [5, 5.41) is 6.04. The summed E-state index contributed by atoms with van der Waals surface area (Å²) in [6, 6.07) is 5.63. The summed E-state index contributed by atoms with van der Waals surface area (Å²) in [6.45, 7) is 1.43. The Morgan fingerprint density at radius 2 is 1.83 bits per heavy atom. The largest absolute Gasteiger partial charge is 0.418 e. The van der Waals surface area contributed by atoms with Gasteiger partial charge in [0.05, 0.1) is 5.56 Å². The molecule has 0 bridgehead atoms. The average molecular weight is 258 g/mol. The maximum absolute atomic E-state index is 12.8. The molecule has 1 aliphatic carbocycles. The van der Waals surface area contributed by atoms with Crippen LogP contribution in [-0.4, -0.2) is 20.1 Å². The lowest BCUT2D eigenvalue weighted by atomic mass is 10.1. The Hall–Kier alpha value is -1.23. The van der Waals surface area contributed by atoms with Gasteiger partial charge in [-0.1, -0.05) is 12.1 Å². The first-order valence-corrected chi connectivity index (χ1v) is 6.02. The third kappa shape index (κ3) is 2.96. The van der Waals surface area contributed by atoms with Crippen molar-refractivity contribution in [1.29, 1.82) is 0 Å². The lowest BCUT2D eigenvalue weighted by molar-refractivity contribution is -0.137. The van der Waals surface area contributed by atoms with Gasteiger partial charge in [-0.15, -0.1) is 0 Å². The van der Waals surface area contributed by atoms with Crippen molar-refractivity contribution in [1.82, 2.24) is 5.32 Å². The Balaban J connectivity index is 2.06. The molecule has 0 amide bonds. The molecule has 1 aliphatic rings. The monoisotopic (exact) mass is 258 g/mol. The highest BCUT2D eigenvalue weighted by Crippen LogP contribution is 2.45. The number of para-hydroxylation sites is 1. The second-order valence-electron chi connectivity index (χ2n) is 4.93. The summed E-state index contributed by atoms with van der Waals surface area (Å²) in [4.78, 5) is 0. The van der Waals surface area contributed by atoms with Crippen LogP contribution in [0.3, 0.4) is 0 Å². The molecule has 1 saturated carbocycles. The number of rotatable bonds is 5. The number of benzene rings is 1. The van der Waals surface area contributed by atoms with E-state index in [4.69, 9.17) is 0 Å². The minimum atomic E-state index is -4.30. The van der Waals surface area contributed by atoms with Crippen molar-refractivity contribution in [2.75, 3.05) is 25.5 Å². The summed E-state index contributed by atoms with van der Waals surface area (Å²) in [5.74, 6) is 0. The molecule has 0 heterocycles. The molecule has 0 spiro atoms. The van der Waals surface area contributed by atoms with Crippen LogP contribution in [-0.2, 0) is 6.18 Å². The van der Waals surface area contributed by atoms with E-state index in [-0.39, 0.29) is 11.1 Å². The van der Waals surface area contributed by atoms with Crippen LogP contribution in [0.5, 0.6) is 0 Å². The van der Waals surface area contributed by atoms with Crippen molar-refractivity contribution < 1.29 is 13.2 Å². The first-order valence-electron chi connectivity index (χ1n) is 6.02. The zero-order valence-electron chi connectivity index (χ0n) is 10.3. The minimum Gasteiger partial charge on any atom is -0.384 e. The third-order valence-electron chi connectivity index (χ3n) is 3.40. The maximum atomic E-state index is 12.8. The fourth-order valence-corrected chi connectivity index (χ4v) is 2.14. The molecule has 100 valence electrons. The van der Waals surface area contributed by atoms with Gasteiger partial charge in [0.25, 0.3) is 0 Å². The summed E-state index contributed by atoms with van der Waals surface area (Å²) in [5.41, 5.74) is -0.286. The van der Waals surface area contributed by atoms with E-state index in [1.54, 1.807) is 6.07 Å². The van der Waals surface area contributed by atoms with Gasteiger partial charge in [0.2, 0.25) is 0 Å². The van der Waals surface area contributed by atoms with Gasteiger partial charge in [0.1, 0.15) is 0 Å². The lowest BCUT2D eigenvalue weighted by Crippen LogP contribution is -2.27. The average Bonchev–Trinajstić information content (AvgIpc) is 3.07. The van der Waals surface area contributed by atoms with Crippen molar-refractivity contribution in [3.8, 4) is 0 Å². The van der Waals surface area contributed by atoms with E-state index in [1.807, 2.05) is 7.05 Å². The zero-order chi connectivity index (χ0) is 13.2. The molecule has 2 rings (SSSR count). The molecule has 18 heavy (non-hydrogen) atoms. The van der Waals surface area contributed by atoms with Gasteiger partial charge in [-0.3, -0.25) is 0 Å². The van der Waals surface area contributed by atoms with Gasteiger partial charge in [-0.2, -0.15) is 13.2 Å². The molecule has 1 fully saturated rings. The second-order valence-corrected chi connectivity index (χ2v) is 4.93. The van der Waals surface area contributed by atoms with Gasteiger partial charge >= 0.3 is 6.18 Å². The predicted molar refractivity (Wildman–Crippen MR) is 65.5 cm³/mol. The van der Waals surface area contributed by atoms with Crippen molar-refractivity contribution >= 4 is 5.69 Å². The van der Waals surface area contributed by atoms with Crippen molar-refractivity contribution in [3.63, 3.8) is 0 Å². The molecule has 2 nitrogen and oxygen atoms in total. The Labute approximate surface area is 105 Å². The predicted octanol–water partition coefficient (Wildman–Crippen LogP) is 3.12. The van der Waals surface area contributed by atoms with E-state index in [0.717, 1.165) is 25.5 Å². The van der Waals surface area contributed by atoms with Crippen LogP contribution >= 0.6 is 0 Å². The van der Waals surface area contributed by atoms with E-state index in [1.165, 1.54) is 12.1 Å². The maximum Gasteiger partial charge on any atom is 0.418 e. The van der Waals surface area contributed by atoms with E-state index in [0.29, 0.717) is 6.54 Å². The van der Waals surface area contributed by atoms with E-state index in [2.05, 4.69) is 10.6 Å². The van der Waals surface area contributed by atoms with Crippen LogP contribution in [0.2, 0.25) is 0 Å². The van der Waals surface area contributed by atoms with Crippen molar-refractivity contribution in [2.45, 2.75) is 19.0 Å². The molecule has 0 atom stereocenters. The highest BCUT2D eigenvalue weighted by atomic mass is 19.4. The summed E-state index contributed by atoms with van der Waals surface area (Å²) >= 11 is 0. The molecular weight excluding hydrogens is 241 g/mol. The van der Waals surface area contributed by atoms with Crippen LogP contribution < -0.4 is 10.6 Å². The van der Waals surface area contributed by atoms with E-state index in [9.17, 15) is 13.2 Å². The molecule has 0 aromatic heterocycles. The molecule has 0 saturated heterocycles. The number of hydrogen-bond acceptors (Lipinski definition) is 2. The Morgan fingerprint density at radius 3 is 2.39 bits per heavy atom.